The molecule has 3 nitrogen and oxygen atoms in total. The van der Waals surface area contributed by atoms with Crippen LogP contribution >= 0.6 is 0 Å². The highest BCUT2D eigenvalue weighted by Gasteiger charge is 2.33. The molecular weight excluding hydrogens is 234 g/mol. The lowest BCUT2D eigenvalue weighted by Crippen LogP contribution is -2.29. The van der Waals surface area contributed by atoms with Crippen molar-refractivity contribution in [2.45, 2.75) is 35.8 Å². The van der Waals surface area contributed by atoms with Gasteiger partial charge in [0.25, 0.3) is 0 Å². The van der Waals surface area contributed by atoms with Crippen molar-refractivity contribution in [2.75, 3.05) is 13.6 Å². The molecule has 0 amide bonds. The minimum absolute atomic E-state index is 0.141. The lowest BCUT2D eigenvalue weighted by Gasteiger charge is -2.26. The Kier molecular flexibility index (Phi) is 3.84. The Morgan fingerprint density at radius 3 is 2.59 bits per heavy atom. The minimum atomic E-state index is -3.09. The van der Waals surface area contributed by atoms with E-state index < -0.39 is 9.84 Å². The van der Waals surface area contributed by atoms with E-state index in [4.69, 9.17) is 0 Å². The van der Waals surface area contributed by atoms with Gasteiger partial charge in [-0.1, -0.05) is 24.6 Å². The van der Waals surface area contributed by atoms with Gasteiger partial charge in [0, 0.05) is 0 Å². The number of hydrogen-bond acceptors (Lipinski definition) is 3. The van der Waals surface area contributed by atoms with Crippen molar-refractivity contribution in [2.24, 2.45) is 0 Å². The summed E-state index contributed by atoms with van der Waals surface area (Å²) in [7, 11) is -1.21. The Bertz CT molecular complexity index is 478. The number of nitrogens with one attached hydrogen (secondary N) is 1. The molecule has 94 valence electrons. The van der Waals surface area contributed by atoms with E-state index in [1.807, 2.05) is 25.2 Å². The van der Waals surface area contributed by atoms with Gasteiger partial charge in [-0.25, -0.2) is 8.42 Å². The molecular formula is C13H19NO2S. The zero-order valence-corrected chi connectivity index (χ0v) is 11.0. The molecule has 1 saturated carbocycles. The summed E-state index contributed by atoms with van der Waals surface area (Å²) in [6.45, 7) is 0.803. The third kappa shape index (κ3) is 2.53. The third-order valence-corrected chi connectivity index (χ3v) is 5.77. The van der Waals surface area contributed by atoms with E-state index in [0.29, 0.717) is 4.90 Å². The van der Waals surface area contributed by atoms with Gasteiger partial charge < -0.3 is 5.32 Å². The van der Waals surface area contributed by atoms with Crippen LogP contribution in [0, 0.1) is 0 Å². The number of benzene rings is 1. The highest BCUT2D eigenvalue weighted by atomic mass is 32.2. The van der Waals surface area contributed by atoms with Crippen LogP contribution < -0.4 is 5.32 Å². The summed E-state index contributed by atoms with van der Waals surface area (Å²) < 4.78 is 24.8. The lowest BCUT2D eigenvalue weighted by atomic mass is 10.00. The SMILES string of the molecule is CNCCc1ccccc1S(=O)(=O)C1CCC1. The van der Waals surface area contributed by atoms with Crippen molar-refractivity contribution in [1.29, 1.82) is 0 Å². The molecule has 0 radical (unpaired) electrons. The van der Waals surface area contributed by atoms with Gasteiger partial charge in [0.2, 0.25) is 0 Å². The summed E-state index contributed by atoms with van der Waals surface area (Å²) >= 11 is 0. The molecule has 2 rings (SSSR count). The maximum Gasteiger partial charge on any atom is 0.181 e. The van der Waals surface area contributed by atoms with Gasteiger partial charge in [-0.2, -0.15) is 0 Å². The van der Waals surface area contributed by atoms with Crippen molar-refractivity contribution < 1.29 is 8.42 Å². The summed E-state index contributed by atoms with van der Waals surface area (Å²) in [4.78, 5) is 0.542. The molecule has 0 heterocycles. The van der Waals surface area contributed by atoms with E-state index >= 15 is 0 Å². The van der Waals surface area contributed by atoms with Gasteiger partial charge >= 0.3 is 0 Å². The van der Waals surface area contributed by atoms with Crippen LogP contribution in [-0.2, 0) is 16.3 Å². The number of likely N-dealkylation sites (N-methyl/N-ethyl adjacent to an activating group) is 1. The highest BCUT2D eigenvalue weighted by Crippen LogP contribution is 2.32. The summed E-state index contributed by atoms with van der Waals surface area (Å²) in [5, 5.41) is 2.92. The smallest absolute Gasteiger partial charge is 0.181 e. The molecule has 0 atom stereocenters. The standard InChI is InChI=1S/C13H19NO2S/c1-14-10-9-11-5-2-3-8-13(11)17(15,16)12-6-4-7-12/h2-3,5,8,12,14H,4,6-7,9-10H2,1H3. The zero-order valence-electron chi connectivity index (χ0n) is 10.1. The van der Waals surface area contributed by atoms with Gasteiger partial charge in [-0.05, 0) is 44.5 Å². The van der Waals surface area contributed by atoms with Crippen LogP contribution in [0.4, 0.5) is 0 Å². The molecule has 1 fully saturated rings. The number of hydrogen-bond donors (Lipinski definition) is 1. The second kappa shape index (κ2) is 5.19. The predicted molar refractivity (Wildman–Crippen MR) is 68.9 cm³/mol. The second-order valence-corrected chi connectivity index (χ2v) is 6.76. The number of sulfone groups is 1. The quantitative estimate of drug-likeness (QED) is 0.870. The van der Waals surface area contributed by atoms with Crippen LogP contribution in [-0.4, -0.2) is 27.3 Å². The number of rotatable bonds is 5. The maximum absolute atomic E-state index is 12.4. The van der Waals surface area contributed by atoms with E-state index in [1.165, 1.54) is 0 Å². The van der Waals surface area contributed by atoms with E-state index in [9.17, 15) is 8.42 Å². The fourth-order valence-corrected chi connectivity index (χ4v) is 4.23. The molecule has 0 unspecified atom stereocenters. The normalized spacial score (nSPS) is 16.8. The average molecular weight is 253 g/mol. The van der Waals surface area contributed by atoms with Gasteiger partial charge in [-0.15, -0.1) is 0 Å². The Hall–Kier alpha value is -0.870. The van der Waals surface area contributed by atoms with E-state index in [1.54, 1.807) is 6.07 Å². The Morgan fingerprint density at radius 1 is 1.29 bits per heavy atom. The van der Waals surface area contributed by atoms with Crippen LogP contribution in [0.15, 0.2) is 29.2 Å². The van der Waals surface area contributed by atoms with Crippen molar-refractivity contribution in [3.63, 3.8) is 0 Å². The molecule has 0 aliphatic heterocycles. The predicted octanol–water partition coefficient (Wildman–Crippen LogP) is 1.77. The minimum Gasteiger partial charge on any atom is -0.319 e. The summed E-state index contributed by atoms with van der Waals surface area (Å²) in [5.41, 5.74) is 0.939. The Morgan fingerprint density at radius 2 is 2.00 bits per heavy atom. The van der Waals surface area contributed by atoms with Gasteiger partial charge in [0.15, 0.2) is 9.84 Å². The Labute approximate surface area is 103 Å². The molecule has 1 N–H and O–H groups in total. The maximum atomic E-state index is 12.4. The van der Waals surface area contributed by atoms with Crippen LogP contribution in [0.3, 0.4) is 0 Å². The summed E-state index contributed by atoms with van der Waals surface area (Å²) in [6.07, 6.45) is 3.45. The molecule has 0 spiro atoms. The van der Waals surface area contributed by atoms with Crippen molar-refractivity contribution in [3.8, 4) is 0 Å². The largest absolute Gasteiger partial charge is 0.319 e. The first-order valence-electron chi connectivity index (χ1n) is 6.12. The van der Waals surface area contributed by atoms with Crippen molar-refractivity contribution in [1.82, 2.24) is 5.32 Å². The van der Waals surface area contributed by atoms with E-state index in [2.05, 4.69) is 5.32 Å². The molecule has 0 saturated heterocycles. The van der Waals surface area contributed by atoms with Gasteiger partial charge in [0.05, 0.1) is 10.1 Å². The molecule has 1 aliphatic carbocycles. The van der Waals surface area contributed by atoms with Crippen molar-refractivity contribution >= 4 is 9.84 Å². The Balaban J connectivity index is 2.30. The molecule has 1 aromatic rings. The summed E-state index contributed by atoms with van der Waals surface area (Å²) in [6, 6.07) is 7.39. The molecule has 1 aromatic carbocycles. The van der Waals surface area contributed by atoms with Crippen LogP contribution in [0.25, 0.3) is 0 Å². The molecule has 1 aliphatic rings. The highest BCUT2D eigenvalue weighted by molar-refractivity contribution is 7.92. The van der Waals surface area contributed by atoms with E-state index in [-0.39, 0.29) is 5.25 Å². The molecule has 17 heavy (non-hydrogen) atoms. The molecule has 0 bridgehead atoms. The third-order valence-electron chi connectivity index (χ3n) is 3.41. The fourth-order valence-electron chi connectivity index (χ4n) is 2.11. The monoisotopic (exact) mass is 253 g/mol. The summed E-state index contributed by atoms with van der Waals surface area (Å²) in [5.74, 6) is 0. The van der Waals surface area contributed by atoms with Crippen molar-refractivity contribution in [3.05, 3.63) is 29.8 Å². The zero-order chi connectivity index (χ0) is 12.3. The van der Waals surface area contributed by atoms with Gasteiger partial charge in [-0.3, -0.25) is 0 Å². The van der Waals surface area contributed by atoms with Crippen LogP contribution in [0.2, 0.25) is 0 Å². The lowest BCUT2D eigenvalue weighted by molar-refractivity contribution is 0.476. The first-order chi connectivity index (χ1) is 8.16. The second-order valence-electron chi connectivity index (χ2n) is 4.56. The first-order valence-corrected chi connectivity index (χ1v) is 7.67. The van der Waals surface area contributed by atoms with Crippen LogP contribution in [0.5, 0.6) is 0 Å². The fraction of sp³-hybridized carbons (Fsp3) is 0.538. The van der Waals surface area contributed by atoms with Crippen LogP contribution in [0.1, 0.15) is 24.8 Å². The topological polar surface area (TPSA) is 46.2 Å². The van der Waals surface area contributed by atoms with E-state index in [0.717, 1.165) is 37.8 Å². The first kappa shape index (κ1) is 12.6. The molecule has 0 aromatic heterocycles. The van der Waals surface area contributed by atoms with Gasteiger partial charge in [0.1, 0.15) is 0 Å². The molecule has 4 heteroatoms. The average Bonchev–Trinajstić information content (AvgIpc) is 2.23.